The van der Waals surface area contributed by atoms with Gasteiger partial charge in [-0.15, -0.1) is 0 Å². The Labute approximate surface area is 325 Å². The lowest BCUT2D eigenvalue weighted by molar-refractivity contribution is -0.142. The molecule has 4 aromatic rings. The molecule has 0 radical (unpaired) electrons. The molecular formula is C41H51FN8O6. The molecular weight excluding hydrogens is 719 g/mol. The Morgan fingerprint density at radius 1 is 0.821 bits per heavy atom. The van der Waals surface area contributed by atoms with Gasteiger partial charge in [-0.05, 0) is 62.6 Å². The molecule has 0 spiro atoms. The van der Waals surface area contributed by atoms with Crippen LogP contribution in [-0.2, 0) is 19.1 Å². The maximum Gasteiger partial charge on any atom is 0.425 e. The van der Waals surface area contributed by atoms with Gasteiger partial charge in [-0.3, -0.25) is 9.59 Å². The number of amides is 4. The second-order valence-corrected chi connectivity index (χ2v) is 15.1. The summed E-state index contributed by atoms with van der Waals surface area (Å²) in [6.07, 6.45) is 6.85. The van der Waals surface area contributed by atoms with Crippen LogP contribution >= 0.6 is 0 Å². The van der Waals surface area contributed by atoms with E-state index in [-0.39, 0.29) is 35.7 Å². The Bertz CT molecular complexity index is 2030. The first-order valence-corrected chi connectivity index (χ1v) is 19.2. The van der Waals surface area contributed by atoms with Crippen molar-refractivity contribution in [3.63, 3.8) is 0 Å². The minimum Gasteiger partial charge on any atom is -0.453 e. The number of nitrogens with zero attached hydrogens (tertiary/aromatic N) is 4. The summed E-state index contributed by atoms with van der Waals surface area (Å²) in [5.74, 6) is -0.152. The molecule has 1 saturated carbocycles. The summed E-state index contributed by atoms with van der Waals surface area (Å²) < 4.78 is 25.2. The molecule has 298 valence electrons. The van der Waals surface area contributed by atoms with E-state index in [4.69, 9.17) is 9.47 Å². The van der Waals surface area contributed by atoms with Gasteiger partial charge in [-0.25, -0.2) is 34.4 Å². The van der Waals surface area contributed by atoms with Crippen molar-refractivity contribution in [3.8, 4) is 33.6 Å². The Kier molecular flexibility index (Phi) is 12.4. The quantitative estimate of drug-likeness (QED) is 0.124. The van der Waals surface area contributed by atoms with Crippen LogP contribution in [0.4, 0.5) is 14.0 Å². The fourth-order valence-electron chi connectivity index (χ4n) is 7.78. The van der Waals surface area contributed by atoms with Crippen molar-refractivity contribution in [2.75, 3.05) is 20.8 Å². The predicted octanol–water partition coefficient (Wildman–Crippen LogP) is 7.10. The number of nitrogens with one attached hydrogen (secondary N) is 4. The number of benzene rings is 2. The molecule has 2 aromatic heterocycles. The van der Waals surface area contributed by atoms with Crippen molar-refractivity contribution in [1.29, 1.82) is 0 Å². The standard InChI is InChI=1S/C41H51FN8O6/c1-23(2)35(47-40(53)55-5)39(52)49-19-9-12-34(49)37-44-21-32(46-37)26-15-13-25(14-16-26)28-18-17-27(20-31(28)42)33-22-43-36(45-33)29-10-7-8-11-30(29)38(51)50(24(3)4)48-41(54)56-6/h13-18,20-24,29-30,34-35H,7-12,19H2,1-6H3,(H,43,45)(H,44,46)(H,47,53)(H,48,54)/t29?,30-,34-,35-/m0/s1. The monoisotopic (exact) mass is 770 g/mol. The zero-order valence-corrected chi connectivity index (χ0v) is 32.7. The Morgan fingerprint density at radius 2 is 1.45 bits per heavy atom. The lowest BCUT2D eigenvalue weighted by atomic mass is 9.78. The van der Waals surface area contributed by atoms with E-state index in [0.717, 1.165) is 43.4 Å². The van der Waals surface area contributed by atoms with Gasteiger partial charge in [0.05, 0.1) is 44.0 Å². The van der Waals surface area contributed by atoms with Crippen LogP contribution in [0.3, 0.4) is 0 Å². The van der Waals surface area contributed by atoms with Gasteiger partial charge in [0, 0.05) is 35.5 Å². The molecule has 6 rings (SSSR count). The van der Waals surface area contributed by atoms with Crippen molar-refractivity contribution < 1.29 is 33.0 Å². The number of methoxy groups -OCH3 is 2. The zero-order valence-electron chi connectivity index (χ0n) is 32.7. The number of carbonyl (C=O) groups excluding carboxylic acids is 4. The largest absolute Gasteiger partial charge is 0.453 e. The minimum absolute atomic E-state index is 0.132. The lowest BCUT2D eigenvalue weighted by Gasteiger charge is -2.35. The number of carbonyl (C=O) groups is 4. The van der Waals surface area contributed by atoms with Gasteiger partial charge in [0.25, 0.3) is 0 Å². The fourth-order valence-corrected chi connectivity index (χ4v) is 7.78. The van der Waals surface area contributed by atoms with E-state index in [1.54, 1.807) is 23.4 Å². The number of aromatic amines is 2. The number of hydrogen-bond donors (Lipinski definition) is 4. The molecule has 4 amide bonds. The molecule has 0 bridgehead atoms. The van der Waals surface area contributed by atoms with Crippen LogP contribution in [0, 0.1) is 17.7 Å². The molecule has 4 N–H and O–H groups in total. The van der Waals surface area contributed by atoms with Crippen molar-refractivity contribution in [2.45, 2.75) is 90.3 Å². The van der Waals surface area contributed by atoms with Crippen molar-refractivity contribution in [3.05, 3.63) is 72.3 Å². The Morgan fingerprint density at radius 3 is 2.11 bits per heavy atom. The van der Waals surface area contributed by atoms with Crippen LogP contribution in [0.25, 0.3) is 33.6 Å². The van der Waals surface area contributed by atoms with Gasteiger partial charge >= 0.3 is 12.2 Å². The fraction of sp³-hybridized carbons (Fsp3) is 0.463. The van der Waals surface area contributed by atoms with Crippen LogP contribution in [-0.4, -0.2) is 86.7 Å². The van der Waals surface area contributed by atoms with Crippen LogP contribution in [0.5, 0.6) is 0 Å². The average Bonchev–Trinajstić information content (AvgIpc) is 4.00. The van der Waals surface area contributed by atoms with E-state index in [2.05, 4.69) is 30.7 Å². The maximum absolute atomic E-state index is 15.7. The third-order valence-electron chi connectivity index (χ3n) is 10.8. The van der Waals surface area contributed by atoms with Crippen molar-refractivity contribution in [1.82, 2.24) is 40.6 Å². The van der Waals surface area contributed by atoms with E-state index in [1.807, 2.05) is 58.0 Å². The SMILES string of the molecule is COC(=O)N[C@H](C(=O)N1CCC[C@H]1c1ncc(-c2ccc(-c3ccc(-c4cnc(C5CCCC[C@@H]5C(=O)N(NC(=O)OC)C(C)C)[nH]4)cc3F)cc2)[nH]1)C(C)C. The highest BCUT2D eigenvalue weighted by Gasteiger charge is 2.39. The number of halogens is 1. The number of rotatable bonds is 10. The summed E-state index contributed by atoms with van der Waals surface area (Å²) in [6.45, 7) is 7.97. The van der Waals surface area contributed by atoms with E-state index < -0.39 is 30.0 Å². The molecule has 2 fully saturated rings. The molecule has 1 saturated heterocycles. The number of alkyl carbamates (subject to hydrolysis) is 1. The van der Waals surface area contributed by atoms with Crippen LogP contribution in [0.1, 0.15) is 89.8 Å². The predicted molar refractivity (Wildman–Crippen MR) is 207 cm³/mol. The molecule has 2 aliphatic rings. The normalized spacial score (nSPS) is 18.8. The van der Waals surface area contributed by atoms with E-state index in [0.29, 0.717) is 47.0 Å². The van der Waals surface area contributed by atoms with Gasteiger partial charge < -0.3 is 29.7 Å². The number of hydrazine groups is 1. The highest BCUT2D eigenvalue weighted by Crippen LogP contribution is 2.39. The molecule has 1 unspecified atom stereocenters. The van der Waals surface area contributed by atoms with Crippen LogP contribution in [0.2, 0.25) is 0 Å². The number of aromatic nitrogens is 4. The van der Waals surface area contributed by atoms with E-state index in [1.165, 1.54) is 25.3 Å². The molecule has 3 heterocycles. The molecule has 1 aliphatic heterocycles. The van der Waals surface area contributed by atoms with E-state index in [9.17, 15) is 19.2 Å². The van der Waals surface area contributed by atoms with Crippen LogP contribution < -0.4 is 10.7 Å². The first-order valence-electron chi connectivity index (χ1n) is 19.2. The highest BCUT2D eigenvalue weighted by atomic mass is 19.1. The average molecular weight is 771 g/mol. The molecule has 56 heavy (non-hydrogen) atoms. The molecule has 2 aromatic carbocycles. The number of H-pyrrole nitrogens is 2. The summed E-state index contributed by atoms with van der Waals surface area (Å²) >= 11 is 0. The first kappa shape index (κ1) is 39.9. The first-order chi connectivity index (χ1) is 26.9. The summed E-state index contributed by atoms with van der Waals surface area (Å²) in [7, 11) is 2.53. The number of ether oxygens (including phenoxy) is 2. The van der Waals surface area contributed by atoms with Gasteiger partial charge in [0.15, 0.2) is 0 Å². The second kappa shape index (κ2) is 17.4. The third kappa shape index (κ3) is 8.56. The molecule has 1 aliphatic carbocycles. The zero-order chi connectivity index (χ0) is 40.1. The summed E-state index contributed by atoms with van der Waals surface area (Å²) in [4.78, 5) is 68.9. The van der Waals surface area contributed by atoms with Gasteiger partial charge in [0.2, 0.25) is 11.8 Å². The molecule has 14 nitrogen and oxygen atoms in total. The Hall–Kier alpha value is -5.73. The van der Waals surface area contributed by atoms with Crippen molar-refractivity contribution in [2.24, 2.45) is 11.8 Å². The summed E-state index contributed by atoms with van der Waals surface area (Å²) in [5.41, 5.74) is 6.58. The number of imidazole rings is 2. The Balaban J connectivity index is 1.14. The maximum atomic E-state index is 15.7. The number of likely N-dealkylation sites (tertiary alicyclic amines) is 1. The number of hydrogen-bond acceptors (Lipinski definition) is 8. The van der Waals surface area contributed by atoms with Crippen LogP contribution in [0.15, 0.2) is 54.9 Å². The van der Waals surface area contributed by atoms with Crippen molar-refractivity contribution >= 4 is 24.0 Å². The van der Waals surface area contributed by atoms with E-state index >= 15 is 4.39 Å². The minimum atomic E-state index is -0.719. The smallest absolute Gasteiger partial charge is 0.425 e. The van der Waals surface area contributed by atoms with Gasteiger partial charge in [-0.1, -0.05) is 63.1 Å². The third-order valence-corrected chi connectivity index (χ3v) is 10.8. The highest BCUT2D eigenvalue weighted by molar-refractivity contribution is 5.86. The topological polar surface area (TPSA) is 175 Å². The summed E-state index contributed by atoms with van der Waals surface area (Å²) in [6, 6.07) is 11.3. The second-order valence-electron chi connectivity index (χ2n) is 15.1. The van der Waals surface area contributed by atoms with Gasteiger partial charge in [0.1, 0.15) is 23.5 Å². The van der Waals surface area contributed by atoms with Gasteiger partial charge in [-0.2, -0.15) is 0 Å². The summed E-state index contributed by atoms with van der Waals surface area (Å²) in [5, 5.41) is 4.00. The molecule has 15 heteroatoms. The lowest BCUT2D eigenvalue weighted by Crippen LogP contribution is -2.53. The molecule has 4 atom stereocenters.